The van der Waals surface area contributed by atoms with Crippen molar-refractivity contribution in [3.8, 4) is 0 Å². The molecule has 0 aromatic heterocycles. The predicted octanol–water partition coefficient (Wildman–Crippen LogP) is 6.31. The average Bonchev–Trinajstić information content (AvgIpc) is 2.85. The van der Waals surface area contributed by atoms with E-state index in [1.54, 1.807) is 24.1 Å². The van der Waals surface area contributed by atoms with E-state index in [0.29, 0.717) is 39.9 Å². The van der Waals surface area contributed by atoms with E-state index in [4.69, 9.17) is 27.5 Å². The Morgan fingerprint density at radius 3 is 2.21 bits per heavy atom. The molecule has 0 aliphatic carbocycles. The molecule has 3 N–H and O–H groups in total. The van der Waals surface area contributed by atoms with Crippen LogP contribution < -0.4 is 4.90 Å². The zero-order valence-electron chi connectivity index (χ0n) is 19.2. The second-order valence-electron chi connectivity index (χ2n) is 7.81. The maximum absolute atomic E-state index is 11.2. The zero-order chi connectivity index (χ0) is 24.7. The number of carboxylic acid groups (broad SMARTS) is 1. The number of nitrogens with zero attached hydrogens (tertiary/aromatic N) is 2. The number of anilines is 1. The van der Waals surface area contributed by atoms with Crippen LogP contribution >= 0.6 is 11.6 Å². The summed E-state index contributed by atoms with van der Waals surface area (Å²) in [5.41, 5.74) is 3.50. The Labute approximate surface area is 204 Å². The van der Waals surface area contributed by atoms with Crippen molar-refractivity contribution in [2.24, 2.45) is 4.99 Å². The normalized spacial score (nSPS) is 11.2. The molecule has 0 fully saturated rings. The summed E-state index contributed by atoms with van der Waals surface area (Å²) in [6.07, 6.45) is 2.14. The summed E-state index contributed by atoms with van der Waals surface area (Å²) in [6, 6.07) is 21.4. The topological polar surface area (TPSA) is 101 Å². The van der Waals surface area contributed by atoms with E-state index >= 15 is 0 Å². The molecule has 3 rings (SSSR count). The number of aliphatic imine (C=N–C) groups is 1. The highest BCUT2D eigenvalue weighted by Gasteiger charge is 2.21. The van der Waals surface area contributed by atoms with Crippen LogP contribution in [0.4, 0.5) is 5.69 Å². The van der Waals surface area contributed by atoms with Crippen molar-refractivity contribution in [1.29, 1.82) is 10.8 Å². The lowest BCUT2D eigenvalue weighted by molar-refractivity contribution is 0.0697. The molecule has 0 aliphatic heterocycles. The summed E-state index contributed by atoms with van der Waals surface area (Å²) < 4.78 is 0. The summed E-state index contributed by atoms with van der Waals surface area (Å²) in [4.78, 5) is 17.3. The molecular weight excluding hydrogens is 448 g/mol. The van der Waals surface area contributed by atoms with Gasteiger partial charge in [-0.1, -0.05) is 54.1 Å². The van der Waals surface area contributed by atoms with Gasteiger partial charge in [0.25, 0.3) is 0 Å². The van der Waals surface area contributed by atoms with Gasteiger partial charge in [-0.05, 0) is 55.7 Å². The Kier molecular flexibility index (Phi) is 8.33. The third kappa shape index (κ3) is 5.97. The molecule has 3 aromatic carbocycles. The van der Waals surface area contributed by atoms with Gasteiger partial charge >= 0.3 is 5.97 Å². The van der Waals surface area contributed by atoms with Crippen LogP contribution in [0.5, 0.6) is 0 Å². The van der Waals surface area contributed by atoms with Gasteiger partial charge in [-0.3, -0.25) is 20.7 Å². The number of hydrogen-bond donors (Lipinski definition) is 3. The van der Waals surface area contributed by atoms with Crippen molar-refractivity contribution in [3.63, 3.8) is 0 Å². The van der Waals surface area contributed by atoms with Crippen LogP contribution in [-0.2, 0) is 6.42 Å². The molecule has 0 heterocycles. The van der Waals surface area contributed by atoms with Crippen LogP contribution in [-0.4, -0.2) is 35.5 Å². The van der Waals surface area contributed by atoms with E-state index in [2.05, 4.69) is 4.99 Å². The van der Waals surface area contributed by atoms with Crippen molar-refractivity contribution < 1.29 is 9.90 Å². The summed E-state index contributed by atoms with van der Waals surface area (Å²) >= 11 is 5.97. The van der Waals surface area contributed by atoms with Crippen molar-refractivity contribution in [2.45, 2.75) is 26.2 Å². The lowest BCUT2D eigenvalue weighted by Gasteiger charge is -2.27. The highest BCUT2D eigenvalue weighted by Crippen LogP contribution is 2.26. The number of hydrogen-bond acceptors (Lipinski definition) is 4. The number of nitrogens with one attached hydrogen (secondary N) is 2. The third-order valence-corrected chi connectivity index (χ3v) is 5.80. The van der Waals surface area contributed by atoms with E-state index < -0.39 is 5.97 Å². The molecule has 0 saturated carbocycles. The van der Waals surface area contributed by atoms with Gasteiger partial charge in [-0.15, -0.1) is 0 Å². The van der Waals surface area contributed by atoms with Crippen molar-refractivity contribution >= 4 is 40.6 Å². The quantitative estimate of drug-likeness (QED) is 0.263. The second kappa shape index (κ2) is 11.4. The number of halogens is 1. The third-order valence-electron chi connectivity index (χ3n) is 5.54. The maximum atomic E-state index is 11.2. The SMILES string of the molecule is CN=C(C)N(C(=N)CCCc1ccc(Cl)cc1)c1ccccc1C(=N)c1ccc(C(=O)O)cc1. The van der Waals surface area contributed by atoms with Gasteiger partial charge in [0.1, 0.15) is 11.7 Å². The van der Waals surface area contributed by atoms with Crippen LogP contribution in [0, 0.1) is 10.8 Å². The molecule has 34 heavy (non-hydrogen) atoms. The second-order valence-corrected chi connectivity index (χ2v) is 8.24. The van der Waals surface area contributed by atoms with Crippen molar-refractivity contribution in [1.82, 2.24) is 0 Å². The molecule has 174 valence electrons. The molecule has 3 aromatic rings. The molecule has 0 radical (unpaired) electrons. The van der Waals surface area contributed by atoms with Gasteiger partial charge in [0, 0.05) is 29.6 Å². The summed E-state index contributed by atoms with van der Waals surface area (Å²) in [5.74, 6) is 0.0305. The number of aromatic carboxylic acids is 1. The van der Waals surface area contributed by atoms with Crippen LogP contribution in [0.1, 0.15) is 46.8 Å². The minimum Gasteiger partial charge on any atom is -0.478 e. The van der Waals surface area contributed by atoms with Crippen LogP contribution in [0.3, 0.4) is 0 Å². The first-order valence-corrected chi connectivity index (χ1v) is 11.3. The Morgan fingerprint density at radius 2 is 1.59 bits per heavy atom. The molecule has 0 saturated heterocycles. The number of benzene rings is 3. The summed E-state index contributed by atoms with van der Waals surface area (Å²) in [5, 5.41) is 27.5. The highest BCUT2D eigenvalue weighted by molar-refractivity contribution is 6.30. The first kappa shape index (κ1) is 24.9. The number of aryl methyl sites for hydroxylation is 1. The standard InChI is InChI=1S/C27H27ClN4O2/c1-18(31-2)32(25(29)9-5-6-19-10-16-22(28)17-11-19)24-8-4-3-7-23(24)26(30)20-12-14-21(15-13-20)27(33)34/h3-4,7-8,10-17,29-30H,5-6,9H2,1-2H3,(H,33,34). The van der Waals surface area contributed by atoms with Gasteiger partial charge < -0.3 is 5.11 Å². The van der Waals surface area contributed by atoms with Gasteiger partial charge in [-0.2, -0.15) is 0 Å². The van der Waals surface area contributed by atoms with Gasteiger partial charge in [-0.25, -0.2) is 4.79 Å². The molecule has 6 nitrogen and oxygen atoms in total. The lowest BCUT2D eigenvalue weighted by Crippen LogP contribution is -2.36. The molecule has 0 atom stereocenters. The van der Waals surface area contributed by atoms with E-state index in [1.165, 1.54) is 12.1 Å². The molecule has 0 unspecified atom stereocenters. The van der Waals surface area contributed by atoms with Crippen LogP contribution in [0.25, 0.3) is 0 Å². The van der Waals surface area contributed by atoms with Crippen molar-refractivity contribution in [2.75, 3.05) is 11.9 Å². The molecule has 7 heteroatoms. The van der Waals surface area contributed by atoms with E-state index in [9.17, 15) is 4.79 Å². The fraction of sp³-hybridized carbons (Fsp3) is 0.185. The fourth-order valence-electron chi connectivity index (χ4n) is 3.65. The minimum atomic E-state index is -1.01. The predicted molar refractivity (Wildman–Crippen MR) is 139 cm³/mol. The minimum absolute atomic E-state index is 0.169. The molecule has 0 bridgehead atoms. The van der Waals surface area contributed by atoms with Crippen LogP contribution in [0.2, 0.25) is 5.02 Å². The Hall–Kier alpha value is -3.77. The first-order chi connectivity index (χ1) is 16.3. The van der Waals surface area contributed by atoms with Gasteiger partial charge in [0.15, 0.2) is 0 Å². The van der Waals surface area contributed by atoms with Gasteiger partial charge in [0.05, 0.1) is 17.0 Å². The smallest absolute Gasteiger partial charge is 0.335 e. The van der Waals surface area contributed by atoms with E-state index in [0.717, 1.165) is 18.4 Å². The number of carboxylic acids is 1. The molecular formula is C27H27ClN4O2. The van der Waals surface area contributed by atoms with E-state index in [-0.39, 0.29) is 11.3 Å². The number of amidine groups is 2. The van der Waals surface area contributed by atoms with E-state index in [1.807, 2.05) is 55.5 Å². The monoisotopic (exact) mass is 474 g/mol. The largest absolute Gasteiger partial charge is 0.478 e. The fourth-order valence-corrected chi connectivity index (χ4v) is 3.78. The zero-order valence-corrected chi connectivity index (χ0v) is 19.9. The highest BCUT2D eigenvalue weighted by atomic mass is 35.5. The summed E-state index contributed by atoms with van der Waals surface area (Å²) in [6.45, 7) is 1.84. The Morgan fingerprint density at radius 1 is 0.971 bits per heavy atom. The number of para-hydroxylation sites is 1. The lowest BCUT2D eigenvalue weighted by atomic mass is 9.98. The Bertz CT molecular complexity index is 1220. The molecule has 0 amide bonds. The van der Waals surface area contributed by atoms with Crippen LogP contribution in [0.15, 0.2) is 77.8 Å². The number of carbonyl (C=O) groups is 1. The Balaban J connectivity index is 1.85. The first-order valence-electron chi connectivity index (χ1n) is 10.9. The molecule has 0 aliphatic rings. The maximum Gasteiger partial charge on any atom is 0.335 e. The van der Waals surface area contributed by atoms with Gasteiger partial charge in [0.2, 0.25) is 0 Å². The summed E-state index contributed by atoms with van der Waals surface area (Å²) in [7, 11) is 1.68. The average molecular weight is 475 g/mol. The van der Waals surface area contributed by atoms with Crippen molar-refractivity contribution in [3.05, 3.63) is 100 Å². The molecule has 0 spiro atoms. The number of rotatable bonds is 8.